The highest BCUT2D eigenvalue weighted by Crippen LogP contribution is 2.56. The second kappa shape index (κ2) is 12.7. The lowest BCUT2D eigenvalue weighted by Crippen LogP contribution is -2.65. The first kappa shape index (κ1) is 33.1. The molecule has 0 bridgehead atoms. The minimum absolute atomic E-state index is 0.360. The number of aliphatic hydroxyl groups excluding tert-OH is 9. The molecule has 2 aliphatic carbocycles. The van der Waals surface area contributed by atoms with Gasteiger partial charge in [-0.2, -0.15) is 0 Å². The monoisotopic (exact) mass is 594 g/mol. The maximum atomic E-state index is 11.0. The van der Waals surface area contributed by atoms with Crippen LogP contribution in [0.1, 0.15) is 39.5 Å². The van der Waals surface area contributed by atoms with Gasteiger partial charge in [-0.1, -0.05) is 12.2 Å². The third kappa shape index (κ3) is 6.11. The molecule has 238 valence electrons. The Morgan fingerprint density at radius 1 is 0.854 bits per heavy atom. The van der Waals surface area contributed by atoms with Crippen molar-refractivity contribution in [2.75, 3.05) is 19.8 Å². The smallest absolute Gasteiger partial charge is 0.187 e. The highest BCUT2D eigenvalue weighted by molar-refractivity contribution is 5.20. The van der Waals surface area contributed by atoms with Crippen molar-refractivity contribution in [2.24, 2.45) is 17.3 Å². The Morgan fingerprint density at radius 3 is 2.02 bits per heavy atom. The van der Waals surface area contributed by atoms with Crippen LogP contribution < -0.4 is 0 Å². The Morgan fingerprint density at radius 2 is 1.44 bits per heavy atom. The van der Waals surface area contributed by atoms with Gasteiger partial charge in [-0.05, 0) is 39.5 Å². The molecule has 4 rings (SSSR count). The summed E-state index contributed by atoms with van der Waals surface area (Å²) >= 11 is 0. The molecule has 4 aliphatic rings. The zero-order chi connectivity index (χ0) is 30.4. The number of fused-ring (bicyclic) bond motifs is 1. The van der Waals surface area contributed by atoms with E-state index in [1.165, 1.54) is 0 Å². The number of ether oxygens (including phenoxy) is 4. The molecular formula is C27H46O14. The first-order chi connectivity index (χ1) is 19.2. The van der Waals surface area contributed by atoms with E-state index in [1.807, 2.05) is 0 Å². The maximum Gasteiger partial charge on any atom is 0.187 e. The van der Waals surface area contributed by atoms with Gasteiger partial charge in [0.1, 0.15) is 48.8 Å². The second-order valence-electron chi connectivity index (χ2n) is 12.5. The van der Waals surface area contributed by atoms with Crippen molar-refractivity contribution in [1.82, 2.24) is 0 Å². The number of hydrogen-bond acceptors (Lipinski definition) is 14. The van der Waals surface area contributed by atoms with E-state index in [2.05, 4.69) is 6.58 Å². The summed E-state index contributed by atoms with van der Waals surface area (Å²) in [5.74, 6) is -1.16. The van der Waals surface area contributed by atoms with Crippen LogP contribution in [0.15, 0.2) is 12.2 Å². The predicted octanol–water partition coefficient (Wildman–Crippen LogP) is -3.52. The molecule has 0 aromatic rings. The summed E-state index contributed by atoms with van der Waals surface area (Å²) in [7, 11) is 0. The van der Waals surface area contributed by atoms with Crippen molar-refractivity contribution < 1.29 is 70.0 Å². The van der Waals surface area contributed by atoms with E-state index in [-0.39, 0.29) is 6.61 Å². The van der Waals surface area contributed by atoms with Crippen LogP contribution in [0.2, 0.25) is 0 Å². The van der Waals surface area contributed by atoms with Gasteiger partial charge in [-0.3, -0.25) is 0 Å². The Bertz CT molecular complexity index is 896. The third-order valence-electron chi connectivity index (χ3n) is 9.54. The van der Waals surface area contributed by atoms with Gasteiger partial charge in [0.2, 0.25) is 0 Å². The molecule has 2 saturated heterocycles. The number of aliphatic hydroxyl groups is 10. The van der Waals surface area contributed by atoms with Gasteiger partial charge >= 0.3 is 0 Å². The Hall–Kier alpha value is -0.820. The van der Waals surface area contributed by atoms with Gasteiger partial charge in [-0.25, -0.2) is 0 Å². The highest BCUT2D eigenvalue weighted by atomic mass is 16.7. The average Bonchev–Trinajstić information content (AvgIpc) is 2.93. The standard InChI is InChI=1S/C27H46O14/c1-11-4-5-15(30)27(10-29)7-6-12(26(2,3)37)23(16(11)27)41-25-22(36)20(34)18(32)14(40-25)9-38-24-21(35)19(33)17(31)13(8-28)39-24/h12-25,28-37H,1,4-10H2,2-3H3/t12-,13-,14-,15+,16+,17-,18-,19+,20+,21-,22-,23-,24-,25+,27+/m1/s1. The van der Waals surface area contributed by atoms with Crippen LogP contribution in [-0.4, -0.2) is 150 Å². The summed E-state index contributed by atoms with van der Waals surface area (Å²) in [6.07, 6.45) is -15.9. The van der Waals surface area contributed by atoms with E-state index in [1.54, 1.807) is 13.8 Å². The molecule has 0 spiro atoms. The van der Waals surface area contributed by atoms with Crippen molar-refractivity contribution >= 4 is 0 Å². The first-order valence-corrected chi connectivity index (χ1v) is 14.1. The molecular weight excluding hydrogens is 548 g/mol. The molecule has 0 radical (unpaired) electrons. The predicted molar refractivity (Wildman–Crippen MR) is 138 cm³/mol. The van der Waals surface area contributed by atoms with Crippen LogP contribution in [0.4, 0.5) is 0 Å². The van der Waals surface area contributed by atoms with E-state index in [4.69, 9.17) is 18.9 Å². The summed E-state index contributed by atoms with van der Waals surface area (Å²) in [6, 6.07) is 0. The van der Waals surface area contributed by atoms with Crippen molar-refractivity contribution in [2.45, 2.75) is 119 Å². The lowest BCUT2D eigenvalue weighted by Gasteiger charge is -2.58. The van der Waals surface area contributed by atoms with Gasteiger partial charge in [-0.15, -0.1) is 0 Å². The average molecular weight is 595 g/mol. The van der Waals surface area contributed by atoms with Gasteiger partial charge < -0.3 is 70.0 Å². The van der Waals surface area contributed by atoms with Gasteiger partial charge in [0.15, 0.2) is 12.6 Å². The van der Waals surface area contributed by atoms with Crippen molar-refractivity contribution in [3.8, 4) is 0 Å². The van der Waals surface area contributed by atoms with Gasteiger partial charge in [0.25, 0.3) is 0 Å². The molecule has 2 saturated carbocycles. The van der Waals surface area contributed by atoms with E-state index in [9.17, 15) is 51.1 Å². The Labute approximate surface area is 238 Å². The molecule has 0 unspecified atom stereocenters. The number of hydrogen-bond donors (Lipinski definition) is 10. The fraction of sp³-hybridized carbons (Fsp3) is 0.926. The highest BCUT2D eigenvalue weighted by Gasteiger charge is 2.59. The van der Waals surface area contributed by atoms with Crippen LogP contribution in [0, 0.1) is 17.3 Å². The Balaban J connectivity index is 1.55. The Kier molecular flexibility index (Phi) is 10.2. The van der Waals surface area contributed by atoms with Gasteiger partial charge in [0, 0.05) is 17.3 Å². The maximum absolute atomic E-state index is 11.0. The minimum atomic E-state index is -1.76. The summed E-state index contributed by atoms with van der Waals surface area (Å²) in [4.78, 5) is 0. The van der Waals surface area contributed by atoms with E-state index < -0.39 is 110 Å². The third-order valence-corrected chi connectivity index (χ3v) is 9.54. The van der Waals surface area contributed by atoms with Crippen molar-refractivity contribution in [3.05, 3.63) is 12.2 Å². The van der Waals surface area contributed by atoms with Crippen LogP contribution in [0.5, 0.6) is 0 Å². The molecule has 0 aromatic heterocycles. The molecule has 2 heterocycles. The summed E-state index contributed by atoms with van der Waals surface area (Å²) < 4.78 is 22.9. The van der Waals surface area contributed by atoms with E-state index >= 15 is 0 Å². The normalized spacial score (nSPS) is 49.5. The summed E-state index contributed by atoms with van der Waals surface area (Å²) in [6.45, 7) is 5.83. The van der Waals surface area contributed by atoms with Crippen LogP contribution >= 0.6 is 0 Å². The largest absolute Gasteiger partial charge is 0.396 e. The van der Waals surface area contributed by atoms with Crippen LogP contribution in [0.25, 0.3) is 0 Å². The lowest BCUT2D eigenvalue weighted by molar-refractivity contribution is -0.346. The van der Waals surface area contributed by atoms with Crippen LogP contribution in [-0.2, 0) is 18.9 Å². The van der Waals surface area contributed by atoms with Crippen molar-refractivity contribution in [1.29, 1.82) is 0 Å². The molecule has 4 fully saturated rings. The molecule has 14 heteroatoms. The molecule has 10 N–H and O–H groups in total. The molecule has 2 aliphatic heterocycles. The summed E-state index contributed by atoms with van der Waals surface area (Å²) in [5.41, 5.74) is -1.57. The molecule has 15 atom stereocenters. The van der Waals surface area contributed by atoms with E-state index in [0.717, 1.165) is 0 Å². The van der Waals surface area contributed by atoms with Crippen LogP contribution in [0.3, 0.4) is 0 Å². The molecule has 0 amide bonds. The van der Waals surface area contributed by atoms with Crippen molar-refractivity contribution in [3.63, 3.8) is 0 Å². The minimum Gasteiger partial charge on any atom is -0.396 e. The fourth-order valence-electron chi connectivity index (χ4n) is 7.01. The zero-order valence-electron chi connectivity index (χ0n) is 23.3. The van der Waals surface area contributed by atoms with Gasteiger partial charge in [0.05, 0.1) is 37.6 Å². The fourth-order valence-corrected chi connectivity index (χ4v) is 7.01. The SMILES string of the molecule is C=C1CC[C@H](O)[C@@]2(CO)CC[C@@H](C(C)(C)O)[C@@H](O[C@@H]3O[C@H](CO[C@@H]4O[C@H](CO)[C@@H](O)[C@H](O)[C@H]4O)[C@@H](O)[C@H](O)[C@H]3O)[C@H]12. The second-order valence-corrected chi connectivity index (χ2v) is 12.5. The zero-order valence-corrected chi connectivity index (χ0v) is 23.3. The first-order valence-electron chi connectivity index (χ1n) is 14.1. The molecule has 41 heavy (non-hydrogen) atoms. The number of rotatable bonds is 8. The quantitative estimate of drug-likeness (QED) is 0.123. The summed E-state index contributed by atoms with van der Waals surface area (Å²) in [5, 5.41) is 104. The lowest BCUT2D eigenvalue weighted by atomic mass is 9.52. The van der Waals surface area contributed by atoms with E-state index in [0.29, 0.717) is 31.3 Å². The topological polar surface area (TPSA) is 239 Å². The molecule has 14 nitrogen and oxygen atoms in total. The molecule has 0 aromatic carbocycles.